The third kappa shape index (κ3) is 4.78. The van der Waals surface area contributed by atoms with Crippen LogP contribution in [0.2, 0.25) is 0 Å². The van der Waals surface area contributed by atoms with Crippen molar-refractivity contribution in [2.24, 2.45) is 5.41 Å². The quantitative estimate of drug-likeness (QED) is 0.554. The van der Waals surface area contributed by atoms with Gasteiger partial charge in [0.15, 0.2) is 0 Å². The van der Waals surface area contributed by atoms with Crippen molar-refractivity contribution in [3.05, 3.63) is 75.9 Å². The molecule has 1 heterocycles. The summed E-state index contributed by atoms with van der Waals surface area (Å²) in [5, 5.41) is 8.84. The molecular weight excluding hydrogens is 408 g/mol. The lowest BCUT2D eigenvalue weighted by Gasteiger charge is -2.45. The second-order valence-corrected chi connectivity index (χ2v) is 10.5. The summed E-state index contributed by atoms with van der Waals surface area (Å²) in [4.78, 5) is 13.0. The first-order chi connectivity index (χ1) is 15.0. The van der Waals surface area contributed by atoms with Crippen molar-refractivity contribution in [1.82, 2.24) is 4.90 Å². The number of carbonyl (C=O) groups is 1. The number of benzene rings is 2. The van der Waals surface area contributed by atoms with E-state index in [1.165, 1.54) is 42.2 Å². The monoisotopic (exact) mass is 439 g/mol. The van der Waals surface area contributed by atoms with Gasteiger partial charge in [0.1, 0.15) is 11.6 Å². The predicted molar refractivity (Wildman–Crippen MR) is 123 cm³/mol. The number of halogens is 2. The summed E-state index contributed by atoms with van der Waals surface area (Å²) >= 11 is 0. The van der Waals surface area contributed by atoms with Crippen LogP contribution in [0.15, 0.2) is 36.4 Å². The van der Waals surface area contributed by atoms with Gasteiger partial charge in [0, 0.05) is 24.2 Å². The molecule has 2 aromatic carbocycles. The summed E-state index contributed by atoms with van der Waals surface area (Å²) in [6.45, 7) is 9.23. The molecule has 1 fully saturated rings. The molecule has 4 rings (SSSR count). The molecule has 0 saturated heterocycles. The van der Waals surface area contributed by atoms with Gasteiger partial charge in [0.2, 0.25) is 0 Å². The van der Waals surface area contributed by atoms with Gasteiger partial charge in [-0.25, -0.2) is 13.6 Å². The smallest absolute Gasteiger partial charge is 0.328 e. The highest BCUT2D eigenvalue weighted by molar-refractivity contribution is 5.85. The van der Waals surface area contributed by atoms with Crippen molar-refractivity contribution in [2.75, 3.05) is 6.54 Å². The Labute approximate surface area is 188 Å². The number of carboxylic acid groups (broad SMARTS) is 1. The van der Waals surface area contributed by atoms with Crippen LogP contribution in [0.3, 0.4) is 0 Å². The first kappa shape index (κ1) is 22.7. The maximum Gasteiger partial charge on any atom is 0.328 e. The van der Waals surface area contributed by atoms with Crippen LogP contribution in [-0.4, -0.2) is 28.6 Å². The molecule has 1 aliphatic heterocycles. The lowest BCUT2D eigenvalue weighted by Crippen LogP contribution is -2.47. The highest BCUT2D eigenvalue weighted by Gasteiger charge is 2.38. The van der Waals surface area contributed by atoms with Gasteiger partial charge < -0.3 is 5.11 Å². The Morgan fingerprint density at radius 1 is 1.16 bits per heavy atom. The molecule has 0 aromatic heterocycles. The van der Waals surface area contributed by atoms with E-state index in [2.05, 4.69) is 50.8 Å². The minimum atomic E-state index is -1.16. The molecule has 2 aromatic rings. The van der Waals surface area contributed by atoms with Crippen LogP contribution in [0, 0.1) is 17.0 Å². The molecule has 2 aliphatic rings. The van der Waals surface area contributed by atoms with E-state index in [9.17, 15) is 4.79 Å². The number of hydrogen-bond acceptors (Lipinski definition) is 2. The van der Waals surface area contributed by atoms with Crippen LogP contribution < -0.4 is 0 Å². The molecule has 2 atom stereocenters. The van der Waals surface area contributed by atoms with Crippen LogP contribution in [0.1, 0.15) is 80.3 Å². The molecule has 3 nitrogen and oxygen atoms in total. The average Bonchev–Trinajstić information content (AvgIpc) is 3.52. The number of carboxylic acids is 1. The van der Waals surface area contributed by atoms with Gasteiger partial charge in [-0.3, -0.25) is 4.90 Å². The van der Waals surface area contributed by atoms with Crippen molar-refractivity contribution in [2.45, 2.75) is 65.0 Å². The van der Waals surface area contributed by atoms with E-state index in [1.54, 1.807) is 0 Å². The van der Waals surface area contributed by atoms with Crippen molar-refractivity contribution in [3.63, 3.8) is 0 Å². The molecular formula is C27H31F2NO2. The van der Waals surface area contributed by atoms with E-state index in [4.69, 9.17) is 5.11 Å². The number of aliphatic carboxylic acids is 1. The lowest BCUT2D eigenvalue weighted by molar-refractivity contribution is -0.131. The van der Waals surface area contributed by atoms with Crippen LogP contribution in [0.5, 0.6) is 0 Å². The third-order valence-corrected chi connectivity index (χ3v) is 6.37. The summed E-state index contributed by atoms with van der Waals surface area (Å²) in [6, 6.07) is 8.48. The topological polar surface area (TPSA) is 40.5 Å². The summed E-state index contributed by atoms with van der Waals surface area (Å²) in [7, 11) is 0. The van der Waals surface area contributed by atoms with Gasteiger partial charge in [0.25, 0.3) is 0 Å². The van der Waals surface area contributed by atoms with Gasteiger partial charge in [-0.15, -0.1) is 0 Å². The molecule has 5 heteroatoms. The van der Waals surface area contributed by atoms with Crippen molar-refractivity contribution < 1.29 is 18.7 Å². The van der Waals surface area contributed by atoms with E-state index in [0.29, 0.717) is 12.5 Å². The summed E-state index contributed by atoms with van der Waals surface area (Å²) in [5.41, 5.74) is 3.65. The van der Waals surface area contributed by atoms with Crippen LogP contribution in [0.4, 0.5) is 8.78 Å². The Bertz CT molecular complexity index is 1040. The van der Waals surface area contributed by atoms with E-state index < -0.39 is 23.6 Å². The molecule has 0 spiro atoms. The summed E-state index contributed by atoms with van der Waals surface area (Å²) in [5.74, 6) is -1.83. The van der Waals surface area contributed by atoms with Crippen molar-refractivity contribution >= 4 is 12.0 Å². The first-order valence-electron chi connectivity index (χ1n) is 11.3. The number of nitrogens with zero attached hydrogens (tertiary/aromatic N) is 1. The highest BCUT2D eigenvalue weighted by Crippen LogP contribution is 2.45. The Balaban J connectivity index is 1.83. The Morgan fingerprint density at radius 3 is 2.38 bits per heavy atom. The molecule has 170 valence electrons. The summed E-state index contributed by atoms with van der Waals surface area (Å²) < 4.78 is 30.8. The van der Waals surface area contributed by atoms with Crippen LogP contribution in [-0.2, 0) is 11.2 Å². The molecule has 0 amide bonds. The van der Waals surface area contributed by atoms with Crippen LogP contribution >= 0.6 is 0 Å². The van der Waals surface area contributed by atoms with Gasteiger partial charge in [-0.2, -0.15) is 0 Å². The molecule has 1 aliphatic carbocycles. The normalized spacial score (nSPS) is 21.7. The zero-order valence-corrected chi connectivity index (χ0v) is 19.2. The standard InChI is InChI=1S/C27H31F2NO2/c1-16-11-20-14-19(18-6-7-18)8-9-21(20)26(30(16)15-27(2,3)4)25-22(28)12-17(13-23(25)29)5-10-24(31)32/h5,8-10,12-14,16,18,26H,6-7,11,15H2,1-4H3,(H,31,32)/b10-5+. The molecule has 32 heavy (non-hydrogen) atoms. The Hall–Kier alpha value is -2.53. The van der Waals surface area contributed by atoms with Gasteiger partial charge in [-0.05, 0) is 78.0 Å². The zero-order valence-electron chi connectivity index (χ0n) is 19.2. The largest absolute Gasteiger partial charge is 0.478 e. The van der Waals surface area contributed by atoms with Crippen molar-refractivity contribution in [1.29, 1.82) is 0 Å². The maximum atomic E-state index is 15.4. The fourth-order valence-corrected chi connectivity index (χ4v) is 4.85. The lowest BCUT2D eigenvalue weighted by atomic mass is 9.81. The second kappa shape index (κ2) is 8.43. The van der Waals surface area contributed by atoms with Gasteiger partial charge in [-0.1, -0.05) is 39.0 Å². The fraction of sp³-hybridized carbons (Fsp3) is 0.444. The summed E-state index contributed by atoms with van der Waals surface area (Å²) in [6.07, 6.45) is 5.37. The molecule has 0 bridgehead atoms. The highest BCUT2D eigenvalue weighted by atomic mass is 19.1. The fourth-order valence-electron chi connectivity index (χ4n) is 4.85. The predicted octanol–water partition coefficient (Wildman–Crippen LogP) is 6.32. The van der Waals surface area contributed by atoms with E-state index in [0.717, 1.165) is 18.1 Å². The third-order valence-electron chi connectivity index (χ3n) is 6.37. The zero-order chi connectivity index (χ0) is 23.2. The molecule has 2 unspecified atom stereocenters. The SMILES string of the molecule is CC1Cc2cc(C3CC3)ccc2C(c2c(F)cc(/C=C/C(=O)O)cc2F)N1CC(C)(C)C. The molecule has 1 N–H and O–H groups in total. The van der Waals surface area contributed by atoms with Crippen LogP contribution in [0.25, 0.3) is 6.08 Å². The minimum Gasteiger partial charge on any atom is -0.478 e. The maximum absolute atomic E-state index is 15.4. The first-order valence-corrected chi connectivity index (χ1v) is 11.3. The second-order valence-electron chi connectivity index (χ2n) is 10.5. The Kier molecular flexibility index (Phi) is 5.97. The van der Waals surface area contributed by atoms with Gasteiger partial charge >= 0.3 is 5.97 Å². The Morgan fingerprint density at radius 2 is 1.81 bits per heavy atom. The average molecular weight is 440 g/mol. The molecule has 0 radical (unpaired) electrons. The van der Waals surface area contributed by atoms with E-state index in [1.807, 2.05) is 0 Å². The minimum absolute atomic E-state index is 0.0358. The van der Waals surface area contributed by atoms with E-state index in [-0.39, 0.29) is 22.6 Å². The number of fused-ring (bicyclic) bond motifs is 1. The van der Waals surface area contributed by atoms with Gasteiger partial charge in [0.05, 0.1) is 6.04 Å². The number of hydrogen-bond donors (Lipinski definition) is 1. The van der Waals surface area contributed by atoms with Crippen molar-refractivity contribution in [3.8, 4) is 0 Å². The van der Waals surface area contributed by atoms with E-state index >= 15 is 8.78 Å². The number of rotatable bonds is 5. The molecule has 1 saturated carbocycles.